The zero-order chi connectivity index (χ0) is 7.56. The van der Waals surface area contributed by atoms with Crippen LogP contribution in [0.4, 0.5) is 5.69 Å². The molecule has 0 saturated heterocycles. The molecule has 1 aromatic carbocycles. The maximum atomic E-state index is 9.01. The van der Waals surface area contributed by atoms with Gasteiger partial charge in [-0.05, 0) is 6.07 Å². The summed E-state index contributed by atoms with van der Waals surface area (Å²) in [6.07, 6.45) is 0. The van der Waals surface area contributed by atoms with Crippen LogP contribution in [0.5, 0.6) is 5.75 Å². The highest BCUT2D eigenvalue weighted by Crippen LogP contribution is 2.16. The van der Waals surface area contributed by atoms with Gasteiger partial charge in [-0.1, -0.05) is 6.07 Å². The van der Waals surface area contributed by atoms with E-state index in [1.165, 1.54) is 0 Å². The van der Waals surface area contributed by atoms with Crippen LogP contribution in [0.15, 0.2) is 24.3 Å². The van der Waals surface area contributed by atoms with Gasteiger partial charge in [0.1, 0.15) is 19.5 Å². The van der Waals surface area contributed by atoms with Gasteiger partial charge in [0.05, 0.1) is 6.07 Å². The molecule has 0 saturated carbocycles. The Morgan fingerprint density at radius 1 is 1.50 bits per heavy atom. The van der Waals surface area contributed by atoms with Gasteiger partial charge in [0, 0.05) is 6.07 Å². The SMILES string of the molecule is C=[N+](C)c1cccc(O)c1. The average molecular weight is 136 g/mol. The number of rotatable bonds is 1. The Balaban J connectivity index is 3.07. The highest BCUT2D eigenvalue weighted by Gasteiger charge is 1.98. The summed E-state index contributed by atoms with van der Waals surface area (Å²) in [5.74, 6) is 0.271. The molecule has 0 radical (unpaired) electrons. The van der Waals surface area contributed by atoms with Crippen LogP contribution in [0, 0.1) is 0 Å². The molecule has 0 unspecified atom stereocenters. The Morgan fingerprint density at radius 3 is 2.60 bits per heavy atom. The predicted molar refractivity (Wildman–Crippen MR) is 41.1 cm³/mol. The quantitative estimate of drug-likeness (QED) is 0.457. The molecule has 10 heavy (non-hydrogen) atoms. The Hall–Kier alpha value is -1.31. The van der Waals surface area contributed by atoms with Gasteiger partial charge in [0.15, 0.2) is 0 Å². The highest BCUT2D eigenvalue weighted by molar-refractivity contribution is 5.39. The summed E-state index contributed by atoms with van der Waals surface area (Å²) in [5.41, 5.74) is 0.903. The molecular formula is C8H10NO+. The molecular weight excluding hydrogens is 126 g/mol. The van der Waals surface area contributed by atoms with Crippen molar-refractivity contribution in [2.24, 2.45) is 0 Å². The molecule has 2 heteroatoms. The van der Waals surface area contributed by atoms with Crippen molar-refractivity contribution < 1.29 is 9.68 Å². The van der Waals surface area contributed by atoms with Gasteiger partial charge in [0.25, 0.3) is 0 Å². The summed E-state index contributed by atoms with van der Waals surface area (Å²) in [6, 6.07) is 6.96. The fraction of sp³-hybridized carbons (Fsp3) is 0.125. The van der Waals surface area contributed by atoms with Gasteiger partial charge in [-0.2, -0.15) is 0 Å². The first-order valence-corrected chi connectivity index (χ1v) is 3.03. The lowest BCUT2D eigenvalue weighted by Crippen LogP contribution is -1.90. The highest BCUT2D eigenvalue weighted by atomic mass is 16.3. The van der Waals surface area contributed by atoms with Crippen molar-refractivity contribution in [3.05, 3.63) is 24.3 Å². The number of aromatic hydroxyl groups is 1. The third-order valence-corrected chi connectivity index (χ3v) is 1.27. The fourth-order valence-corrected chi connectivity index (χ4v) is 0.730. The molecule has 0 spiro atoms. The maximum absolute atomic E-state index is 9.01. The van der Waals surface area contributed by atoms with E-state index in [4.69, 9.17) is 5.11 Å². The van der Waals surface area contributed by atoms with Crippen molar-refractivity contribution in [1.82, 2.24) is 0 Å². The topological polar surface area (TPSA) is 23.2 Å². The molecule has 0 aliphatic rings. The average Bonchev–Trinajstić information content (AvgIpc) is 1.88. The van der Waals surface area contributed by atoms with E-state index in [2.05, 4.69) is 6.72 Å². The van der Waals surface area contributed by atoms with E-state index in [0.717, 1.165) is 5.69 Å². The molecule has 0 aliphatic carbocycles. The van der Waals surface area contributed by atoms with Crippen molar-refractivity contribution in [2.75, 3.05) is 7.05 Å². The minimum atomic E-state index is 0.271. The number of hydrogen-bond acceptors (Lipinski definition) is 1. The molecule has 2 nitrogen and oxygen atoms in total. The second-order valence-electron chi connectivity index (χ2n) is 2.22. The van der Waals surface area contributed by atoms with Gasteiger partial charge in [0.2, 0.25) is 5.69 Å². The van der Waals surface area contributed by atoms with Crippen molar-refractivity contribution >= 4 is 12.4 Å². The van der Waals surface area contributed by atoms with Crippen LogP contribution in [-0.2, 0) is 0 Å². The number of benzene rings is 1. The fourth-order valence-electron chi connectivity index (χ4n) is 0.730. The van der Waals surface area contributed by atoms with Gasteiger partial charge in [-0.25, -0.2) is 4.58 Å². The summed E-state index contributed by atoms with van der Waals surface area (Å²) >= 11 is 0. The third kappa shape index (κ3) is 1.35. The minimum Gasteiger partial charge on any atom is -0.508 e. The lowest BCUT2D eigenvalue weighted by molar-refractivity contribution is -0.394. The largest absolute Gasteiger partial charge is 0.508 e. The van der Waals surface area contributed by atoms with Crippen molar-refractivity contribution in [2.45, 2.75) is 0 Å². The van der Waals surface area contributed by atoms with E-state index >= 15 is 0 Å². The normalized spacial score (nSPS) is 9.30. The molecule has 1 N–H and O–H groups in total. The van der Waals surface area contributed by atoms with Crippen molar-refractivity contribution in [1.29, 1.82) is 0 Å². The second kappa shape index (κ2) is 2.52. The molecule has 0 bridgehead atoms. The number of hydrogen-bond donors (Lipinski definition) is 1. The van der Waals surface area contributed by atoms with Crippen LogP contribution in [0.3, 0.4) is 0 Å². The number of phenolic OH excluding ortho intramolecular Hbond substituents is 1. The minimum absolute atomic E-state index is 0.271. The van der Waals surface area contributed by atoms with E-state index in [-0.39, 0.29) is 5.75 Å². The standard InChI is InChI=1S/C8H9NO/c1-9(2)7-4-3-5-8(10)6-7/h3-6H,1H2,2H3/p+1. The van der Waals surface area contributed by atoms with E-state index in [9.17, 15) is 0 Å². The summed E-state index contributed by atoms with van der Waals surface area (Å²) in [7, 11) is 1.83. The molecule has 0 heterocycles. The first kappa shape index (κ1) is 6.81. The van der Waals surface area contributed by atoms with Crippen molar-refractivity contribution in [3.63, 3.8) is 0 Å². The van der Waals surface area contributed by atoms with Crippen molar-refractivity contribution in [3.8, 4) is 5.75 Å². The zero-order valence-corrected chi connectivity index (χ0v) is 5.91. The first-order valence-electron chi connectivity index (χ1n) is 3.03. The molecule has 0 atom stereocenters. The van der Waals surface area contributed by atoms with Gasteiger partial charge in [-0.3, -0.25) is 0 Å². The Kier molecular flexibility index (Phi) is 1.71. The molecule has 0 fully saturated rings. The Morgan fingerprint density at radius 2 is 2.20 bits per heavy atom. The monoisotopic (exact) mass is 136 g/mol. The Bertz CT molecular complexity index is 255. The van der Waals surface area contributed by atoms with Gasteiger partial charge < -0.3 is 5.11 Å². The van der Waals surface area contributed by atoms with Crippen LogP contribution < -0.4 is 0 Å². The number of nitrogens with zero attached hydrogens (tertiary/aromatic N) is 1. The lowest BCUT2D eigenvalue weighted by Gasteiger charge is -1.93. The van der Waals surface area contributed by atoms with E-state index < -0.39 is 0 Å². The van der Waals surface area contributed by atoms with Crippen LogP contribution in [0.25, 0.3) is 0 Å². The zero-order valence-electron chi connectivity index (χ0n) is 5.91. The van der Waals surface area contributed by atoms with Crippen LogP contribution in [0.1, 0.15) is 0 Å². The summed E-state index contributed by atoms with van der Waals surface area (Å²) < 4.78 is 1.69. The smallest absolute Gasteiger partial charge is 0.208 e. The molecule has 1 rings (SSSR count). The van der Waals surface area contributed by atoms with E-state index in [1.54, 1.807) is 22.8 Å². The summed E-state index contributed by atoms with van der Waals surface area (Å²) in [6.45, 7) is 3.67. The summed E-state index contributed by atoms with van der Waals surface area (Å²) in [5, 5.41) is 9.01. The molecule has 0 aromatic heterocycles. The molecule has 0 aliphatic heterocycles. The van der Waals surface area contributed by atoms with E-state index in [0.29, 0.717) is 0 Å². The number of phenols is 1. The van der Waals surface area contributed by atoms with Gasteiger partial charge in [-0.15, -0.1) is 0 Å². The summed E-state index contributed by atoms with van der Waals surface area (Å²) in [4.78, 5) is 0. The second-order valence-corrected chi connectivity index (χ2v) is 2.22. The molecule has 0 amide bonds. The van der Waals surface area contributed by atoms with E-state index in [1.807, 2.05) is 13.1 Å². The van der Waals surface area contributed by atoms with Crippen LogP contribution in [0.2, 0.25) is 0 Å². The van der Waals surface area contributed by atoms with Crippen LogP contribution in [-0.4, -0.2) is 23.4 Å². The maximum Gasteiger partial charge on any atom is 0.208 e. The molecule has 52 valence electrons. The Labute approximate surface area is 60.1 Å². The van der Waals surface area contributed by atoms with Gasteiger partial charge >= 0.3 is 0 Å². The molecule has 1 aromatic rings. The third-order valence-electron chi connectivity index (χ3n) is 1.27. The van der Waals surface area contributed by atoms with Crippen LogP contribution >= 0.6 is 0 Å². The lowest BCUT2D eigenvalue weighted by atomic mass is 10.3. The first-order chi connectivity index (χ1) is 4.70. The predicted octanol–water partition coefficient (Wildman–Crippen LogP) is 1.37.